The Kier molecular flexibility index (Phi) is 6.36. The zero-order valence-electron chi connectivity index (χ0n) is 23.2. The van der Waals surface area contributed by atoms with Crippen molar-refractivity contribution in [3.05, 3.63) is 107 Å². The molecule has 6 aromatic rings. The van der Waals surface area contributed by atoms with Crippen LogP contribution in [0.2, 0.25) is 0 Å². The summed E-state index contributed by atoms with van der Waals surface area (Å²) in [7, 11) is 0. The normalized spacial score (nSPS) is 13.8. The minimum atomic E-state index is -0.423. The molecule has 4 heterocycles. The topological polar surface area (TPSA) is 154 Å². The van der Waals surface area contributed by atoms with E-state index in [1.165, 1.54) is 12.1 Å². The number of carbonyl (C=O) groups is 2. The molecule has 7 rings (SSSR count). The van der Waals surface area contributed by atoms with Crippen LogP contribution in [-0.2, 0) is 6.42 Å². The van der Waals surface area contributed by atoms with Gasteiger partial charge in [-0.1, -0.05) is 12.0 Å². The molecule has 0 saturated carbocycles. The number of pyridine rings is 2. The van der Waals surface area contributed by atoms with E-state index in [9.17, 15) is 14.7 Å². The molecule has 44 heavy (non-hydrogen) atoms. The number of anilines is 1. The Morgan fingerprint density at radius 3 is 2.77 bits per heavy atom. The summed E-state index contributed by atoms with van der Waals surface area (Å²) in [6.45, 7) is 0. The van der Waals surface area contributed by atoms with Gasteiger partial charge in [-0.2, -0.15) is 5.10 Å². The molecular formula is C33H24N8O3. The second kappa shape index (κ2) is 10.5. The van der Waals surface area contributed by atoms with E-state index in [0.717, 1.165) is 16.8 Å². The van der Waals surface area contributed by atoms with E-state index in [0.29, 0.717) is 53.3 Å². The fourth-order valence-corrected chi connectivity index (χ4v) is 5.71. The van der Waals surface area contributed by atoms with Gasteiger partial charge in [-0.15, -0.1) is 6.42 Å². The maximum atomic E-state index is 13.3. The summed E-state index contributed by atoms with van der Waals surface area (Å²) in [5.41, 5.74) is 11.2. The average molecular weight is 581 g/mol. The van der Waals surface area contributed by atoms with Gasteiger partial charge in [0.25, 0.3) is 5.91 Å². The zero-order chi connectivity index (χ0) is 30.4. The van der Waals surface area contributed by atoms with Crippen molar-refractivity contribution in [1.29, 1.82) is 0 Å². The Hall–Kier alpha value is -6.28. The molecule has 1 atom stereocenters. The van der Waals surface area contributed by atoms with Crippen molar-refractivity contribution in [3.63, 3.8) is 0 Å². The summed E-state index contributed by atoms with van der Waals surface area (Å²) in [5, 5.41) is 17.4. The number of nitrogens with zero attached hydrogens (tertiary/aromatic N) is 6. The number of amides is 1. The number of imidazole rings is 1. The lowest BCUT2D eigenvalue weighted by atomic mass is 9.99. The minimum absolute atomic E-state index is 0.0576. The summed E-state index contributed by atoms with van der Waals surface area (Å²) in [6.07, 6.45) is 12.6. The van der Waals surface area contributed by atoms with Crippen molar-refractivity contribution in [2.75, 3.05) is 5.73 Å². The first-order chi connectivity index (χ1) is 21.5. The molecule has 4 aromatic heterocycles. The van der Waals surface area contributed by atoms with Crippen LogP contribution in [0.25, 0.3) is 34.1 Å². The fourth-order valence-electron chi connectivity index (χ4n) is 5.71. The number of benzene rings is 2. The quantitative estimate of drug-likeness (QED) is 0.196. The molecule has 0 bridgehead atoms. The molecule has 0 radical (unpaired) electrons. The van der Waals surface area contributed by atoms with Crippen molar-refractivity contribution < 1.29 is 14.7 Å². The molecule has 1 aliphatic rings. The lowest BCUT2D eigenvalue weighted by molar-refractivity contribution is 0.0936. The van der Waals surface area contributed by atoms with Crippen LogP contribution in [0.4, 0.5) is 5.82 Å². The van der Waals surface area contributed by atoms with Crippen LogP contribution in [0.15, 0.2) is 79.3 Å². The van der Waals surface area contributed by atoms with Crippen LogP contribution < -0.4 is 11.1 Å². The number of aromatic nitrogens is 6. The Morgan fingerprint density at radius 1 is 1.11 bits per heavy atom. The standard InChI is InChI=1S/C33H24N8O3/c1-2-21-23(9-12-28(43)25(21)18-42)33(44)38-26-10-6-19-17-20(7-8-22(19)26)41-31(24-5-3-14-35-30(24)34)37-27-11-13-29(39-32(27)41)40-16-4-15-36-40/h1,3-5,7-9,11-18,26,43H,6,10H2,(H2,34,35)(H,38,44)/t26-/m0/s1. The van der Waals surface area contributed by atoms with Crippen molar-refractivity contribution in [2.45, 2.75) is 18.9 Å². The van der Waals surface area contributed by atoms with Gasteiger partial charge in [0, 0.05) is 24.3 Å². The van der Waals surface area contributed by atoms with E-state index < -0.39 is 5.91 Å². The summed E-state index contributed by atoms with van der Waals surface area (Å²) in [5.74, 6) is 3.25. The summed E-state index contributed by atoms with van der Waals surface area (Å²) < 4.78 is 3.64. The van der Waals surface area contributed by atoms with Gasteiger partial charge >= 0.3 is 0 Å². The van der Waals surface area contributed by atoms with Crippen molar-refractivity contribution in [1.82, 2.24) is 34.6 Å². The Balaban J connectivity index is 1.29. The summed E-state index contributed by atoms with van der Waals surface area (Å²) >= 11 is 0. The first-order valence-corrected chi connectivity index (χ1v) is 13.8. The van der Waals surface area contributed by atoms with Crippen molar-refractivity contribution in [2.24, 2.45) is 0 Å². The third-order valence-corrected chi connectivity index (χ3v) is 7.81. The highest BCUT2D eigenvalue weighted by Gasteiger charge is 2.27. The van der Waals surface area contributed by atoms with Gasteiger partial charge < -0.3 is 16.2 Å². The van der Waals surface area contributed by atoms with E-state index in [1.54, 1.807) is 17.1 Å². The molecule has 0 fully saturated rings. The Bertz CT molecular complexity index is 2140. The monoisotopic (exact) mass is 580 g/mol. The van der Waals surface area contributed by atoms with Gasteiger partial charge in [-0.25, -0.2) is 19.6 Å². The maximum absolute atomic E-state index is 13.3. The molecule has 11 nitrogen and oxygen atoms in total. The second-order valence-corrected chi connectivity index (χ2v) is 10.3. The lowest BCUT2D eigenvalue weighted by Gasteiger charge is -2.17. The van der Waals surface area contributed by atoms with Gasteiger partial charge in [-0.3, -0.25) is 14.2 Å². The van der Waals surface area contributed by atoms with Gasteiger partial charge in [0.2, 0.25) is 0 Å². The molecule has 0 aliphatic heterocycles. The fraction of sp³-hybridized carbons (Fsp3) is 0.0909. The number of hydrogen-bond acceptors (Lipinski definition) is 8. The molecule has 4 N–H and O–H groups in total. The van der Waals surface area contributed by atoms with Crippen LogP contribution in [0.1, 0.15) is 49.9 Å². The molecule has 2 aromatic carbocycles. The van der Waals surface area contributed by atoms with Crippen LogP contribution in [-0.4, -0.2) is 46.6 Å². The number of rotatable bonds is 6. The number of nitrogens with one attached hydrogen (secondary N) is 1. The number of carbonyl (C=O) groups excluding carboxylic acids is 2. The predicted octanol–water partition coefficient (Wildman–Crippen LogP) is 4.17. The smallest absolute Gasteiger partial charge is 0.253 e. The molecule has 0 spiro atoms. The molecule has 0 saturated heterocycles. The number of phenolic OH excluding ortho intramolecular Hbond substituents is 1. The highest BCUT2D eigenvalue weighted by Crippen LogP contribution is 2.36. The van der Waals surface area contributed by atoms with Crippen molar-refractivity contribution >= 4 is 29.2 Å². The van der Waals surface area contributed by atoms with Crippen LogP contribution in [0.3, 0.4) is 0 Å². The van der Waals surface area contributed by atoms with E-state index >= 15 is 0 Å². The van der Waals surface area contributed by atoms with E-state index in [4.69, 9.17) is 22.1 Å². The Labute approximate surface area is 251 Å². The zero-order valence-corrected chi connectivity index (χ0v) is 23.2. The number of nitrogen functional groups attached to an aromatic ring is 1. The number of hydrogen-bond donors (Lipinski definition) is 3. The number of aromatic hydroxyl groups is 1. The van der Waals surface area contributed by atoms with Gasteiger partial charge in [0.15, 0.2) is 23.6 Å². The first kappa shape index (κ1) is 26.6. The maximum Gasteiger partial charge on any atom is 0.253 e. The molecule has 1 amide bonds. The molecular weight excluding hydrogens is 556 g/mol. The SMILES string of the molecule is C#Cc1c(C(=O)N[C@H]2CCc3cc(-n4c(-c5cccnc5N)nc5ccc(-n6cccn6)nc54)ccc32)ccc(O)c1C=O. The van der Waals surface area contributed by atoms with Crippen LogP contribution in [0, 0.1) is 12.3 Å². The minimum Gasteiger partial charge on any atom is -0.507 e. The molecule has 11 heteroatoms. The van der Waals surface area contributed by atoms with Gasteiger partial charge in [0.1, 0.15) is 17.1 Å². The average Bonchev–Trinajstić information content (AvgIpc) is 3.80. The predicted molar refractivity (Wildman–Crippen MR) is 164 cm³/mol. The summed E-state index contributed by atoms with van der Waals surface area (Å²) in [6, 6.07) is 17.7. The Morgan fingerprint density at radius 2 is 2.00 bits per heavy atom. The first-order valence-electron chi connectivity index (χ1n) is 13.8. The third-order valence-electron chi connectivity index (χ3n) is 7.81. The van der Waals surface area contributed by atoms with E-state index in [-0.39, 0.29) is 28.5 Å². The highest BCUT2D eigenvalue weighted by molar-refractivity contribution is 6.00. The lowest BCUT2D eigenvalue weighted by Crippen LogP contribution is -2.28. The number of aldehydes is 1. The molecule has 214 valence electrons. The second-order valence-electron chi connectivity index (χ2n) is 10.3. The number of nitrogens with two attached hydrogens (primary N) is 1. The largest absolute Gasteiger partial charge is 0.507 e. The van der Waals surface area contributed by atoms with Gasteiger partial charge in [0.05, 0.1) is 28.3 Å². The van der Waals surface area contributed by atoms with E-state index in [2.05, 4.69) is 27.4 Å². The third kappa shape index (κ3) is 4.33. The van der Waals surface area contributed by atoms with Gasteiger partial charge in [-0.05, 0) is 78.6 Å². The van der Waals surface area contributed by atoms with Crippen molar-refractivity contribution in [3.8, 4) is 41.0 Å². The number of terminal acetylenes is 1. The number of fused-ring (bicyclic) bond motifs is 2. The highest BCUT2D eigenvalue weighted by atomic mass is 16.3. The van der Waals surface area contributed by atoms with Crippen LogP contribution >= 0.6 is 0 Å². The molecule has 0 unspecified atom stereocenters. The number of phenols is 1. The summed E-state index contributed by atoms with van der Waals surface area (Å²) in [4.78, 5) is 38.9. The van der Waals surface area contributed by atoms with Crippen LogP contribution in [0.5, 0.6) is 5.75 Å². The van der Waals surface area contributed by atoms with E-state index in [1.807, 2.05) is 53.2 Å². The number of aryl methyl sites for hydroxylation is 1. The molecule has 1 aliphatic carbocycles.